The maximum absolute atomic E-state index is 14.8. The van der Waals surface area contributed by atoms with Crippen molar-refractivity contribution >= 4 is 24.3 Å². The monoisotopic (exact) mass is 311 g/mol. The van der Waals surface area contributed by atoms with Crippen molar-refractivity contribution in [3.8, 4) is 0 Å². The molecule has 1 aromatic rings. The third-order valence-electron chi connectivity index (χ3n) is 4.15. The van der Waals surface area contributed by atoms with Crippen LogP contribution < -0.4 is 5.73 Å². The lowest BCUT2D eigenvalue weighted by Crippen LogP contribution is -2.41. The van der Waals surface area contributed by atoms with Gasteiger partial charge >= 0.3 is 7.12 Å². The summed E-state index contributed by atoms with van der Waals surface area (Å²) in [5, 5.41) is 0.589. The molecule has 0 bridgehead atoms. The van der Waals surface area contributed by atoms with Crippen LogP contribution in [0.1, 0.15) is 33.3 Å². The van der Waals surface area contributed by atoms with Gasteiger partial charge in [0.1, 0.15) is 5.73 Å². The lowest BCUT2D eigenvalue weighted by molar-refractivity contribution is 0.00578. The van der Waals surface area contributed by atoms with Gasteiger partial charge in [-0.05, 0) is 45.4 Å². The molecular weight excluding hydrogens is 291 g/mol. The van der Waals surface area contributed by atoms with E-state index in [9.17, 15) is 4.39 Å². The maximum atomic E-state index is 14.8. The quantitative estimate of drug-likeness (QED) is 0.867. The van der Waals surface area contributed by atoms with Gasteiger partial charge in [0, 0.05) is 17.1 Å². The van der Waals surface area contributed by atoms with Gasteiger partial charge in [-0.3, -0.25) is 0 Å². The molecule has 1 saturated heterocycles. The van der Waals surface area contributed by atoms with Crippen molar-refractivity contribution in [3.63, 3.8) is 0 Å². The molecule has 0 aliphatic carbocycles. The van der Waals surface area contributed by atoms with Gasteiger partial charge in [-0.1, -0.05) is 23.7 Å². The molecule has 3 nitrogen and oxygen atoms in total. The molecule has 2 N–H and O–H groups in total. The first kappa shape index (κ1) is 16.5. The Labute approximate surface area is 130 Å². The minimum atomic E-state index is -1.04. The zero-order valence-corrected chi connectivity index (χ0v) is 13.5. The maximum Gasteiger partial charge on any atom is 0.525 e. The summed E-state index contributed by atoms with van der Waals surface area (Å²) < 4.78 is 26.2. The number of benzene rings is 1. The second kappa shape index (κ2) is 5.73. The van der Waals surface area contributed by atoms with Crippen LogP contribution in [0.2, 0.25) is 5.02 Å². The Hall–Kier alpha value is -0.875. The number of hydrogen-bond donors (Lipinski definition) is 1. The van der Waals surface area contributed by atoms with E-state index in [0.717, 1.165) is 0 Å². The van der Waals surface area contributed by atoms with E-state index in [1.807, 2.05) is 27.7 Å². The lowest BCUT2D eigenvalue weighted by atomic mass is 9.82. The molecule has 0 atom stereocenters. The highest BCUT2D eigenvalue weighted by Crippen LogP contribution is 2.40. The van der Waals surface area contributed by atoms with Gasteiger partial charge in [0.05, 0.1) is 11.2 Å². The van der Waals surface area contributed by atoms with E-state index in [4.69, 9.17) is 26.6 Å². The molecule has 1 aromatic carbocycles. The molecule has 0 spiro atoms. The number of nitrogens with two attached hydrogens (primary N) is 1. The van der Waals surface area contributed by atoms with E-state index in [1.54, 1.807) is 24.3 Å². The molecule has 0 saturated carbocycles. The molecule has 0 radical (unpaired) electrons. The molecule has 1 heterocycles. The molecule has 1 fully saturated rings. The Morgan fingerprint density at radius 1 is 1.14 bits per heavy atom. The zero-order valence-electron chi connectivity index (χ0n) is 12.7. The van der Waals surface area contributed by atoms with Gasteiger partial charge in [0.15, 0.2) is 0 Å². The van der Waals surface area contributed by atoms with Gasteiger partial charge in [0.2, 0.25) is 0 Å². The van der Waals surface area contributed by atoms with Crippen LogP contribution in [0.25, 0.3) is 5.57 Å². The molecular formula is C15H20BClFNO2. The van der Waals surface area contributed by atoms with Crippen LogP contribution >= 0.6 is 11.6 Å². The van der Waals surface area contributed by atoms with E-state index in [-0.39, 0.29) is 6.54 Å². The Balaban J connectivity index is 2.35. The minimum Gasteiger partial charge on any atom is -0.398 e. The Bertz CT molecular complexity index is 541. The van der Waals surface area contributed by atoms with E-state index >= 15 is 0 Å². The normalized spacial score (nSPS) is 21.4. The van der Waals surface area contributed by atoms with Crippen LogP contribution in [-0.4, -0.2) is 24.9 Å². The Morgan fingerprint density at radius 3 is 2.05 bits per heavy atom. The van der Waals surface area contributed by atoms with E-state index in [1.165, 1.54) is 0 Å². The molecule has 0 aromatic heterocycles. The third-order valence-corrected chi connectivity index (χ3v) is 4.40. The lowest BCUT2D eigenvalue weighted by Gasteiger charge is -2.32. The topological polar surface area (TPSA) is 44.5 Å². The third kappa shape index (κ3) is 3.16. The number of rotatable bonds is 3. The van der Waals surface area contributed by atoms with Gasteiger partial charge in [0.25, 0.3) is 0 Å². The van der Waals surface area contributed by atoms with Gasteiger partial charge in [-0.2, -0.15) is 0 Å². The summed E-state index contributed by atoms with van der Waals surface area (Å²) in [6.45, 7) is 7.57. The molecule has 6 heteroatoms. The number of hydrogen-bond acceptors (Lipinski definition) is 3. The van der Waals surface area contributed by atoms with Crippen LogP contribution in [0, 0.1) is 0 Å². The predicted octanol–water partition coefficient (Wildman–Crippen LogP) is 3.61. The summed E-state index contributed by atoms with van der Waals surface area (Å²) >= 11 is 5.85. The standard InChI is InChI=1S/C15H20BClFNO2/c1-14(2)15(3,4)21-16(20-14)13(18)12(9-19)10-5-7-11(17)8-6-10/h5-8H,9,19H2,1-4H3. The molecule has 114 valence electrons. The van der Waals surface area contributed by atoms with Crippen molar-refractivity contribution in [1.82, 2.24) is 0 Å². The van der Waals surface area contributed by atoms with Crippen LogP contribution in [0.15, 0.2) is 30.0 Å². The zero-order chi connectivity index (χ0) is 15.8. The highest BCUT2D eigenvalue weighted by molar-refractivity contribution is 6.55. The Kier molecular flexibility index (Phi) is 4.50. The van der Waals surface area contributed by atoms with Crippen LogP contribution in [0.4, 0.5) is 4.39 Å². The van der Waals surface area contributed by atoms with Crippen LogP contribution in [0.5, 0.6) is 0 Å². The summed E-state index contributed by atoms with van der Waals surface area (Å²) in [4.78, 5) is 0. The highest BCUT2D eigenvalue weighted by Gasteiger charge is 2.53. The van der Waals surface area contributed by atoms with Gasteiger partial charge in [-0.25, -0.2) is 4.39 Å². The number of halogens is 2. The smallest absolute Gasteiger partial charge is 0.398 e. The van der Waals surface area contributed by atoms with E-state index in [0.29, 0.717) is 16.2 Å². The summed E-state index contributed by atoms with van der Waals surface area (Å²) in [5.41, 5.74) is 5.08. The Morgan fingerprint density at radius 2 is 1.62 bits per heavy atom. The van der Waals surface area contributed by atoms with E-state index < -0.39 is 24.0 Å². The molecule has 21 heavy (non-hydrogen) atoms. The average molecular weight is 312 g/mol. The van der Waals surface area contributed by atoms with Crippen molar-refractivity contribution in [2.24, 2.45) is 5.73 Å². The van der Waals surface area contributed by atoms with Crippen molar-refractivity contribution in [1.29, 1.82) is 0 Å². The second-order valence-electron chi connectivity index (χ2n) is 6.13. The molecule has 1 aliphatic heterocycles. The summed E-state index contributed by atoms with van der Waals surface area (Å²) in [6, 6.07) is 6.86. The fourth-order valence-electron chi connectivity index (χ4n) is 2.09. The predicted molar refractivity (Wildman–Crippen MR) is 84.6 cm³/mol. The molecule has 1 aliphatic rings. The van der Waals surface area contributed by atoms with Crippen molar-refractivity contribution in [3.05, 3.63) is 40.6 Å². The molecule has 0 amide bonds. The fourth-order valence-corrected chi connectivity index (χ4v) is 2.22. The first-order valence-electron chi connectivity index (χ1n) is 6.88. The van der Waals surface area contributed by atoms with E-state index in [2.05, 4.69) is 0 Å². The van der Waals surface area contributed by atoms with Crippen LogP contribution in [-0.2, 0) is 9.31 Å². The second-order valence-corrected chi connectivity index (χ2v) is 6.56. The van der Waals surface area contributed by atoms with Gasteiger partial charge in [-0.15, -0.1) is 0 Å². The first-order chi connectivity index (χ1) is 9.68. The van der Waals surface area contributed by atoms with Gasteiger partial charge < -0.3 is 15.0 Å². The van der Waals surface area contributed by atoms with Crippen molar-refractivity contribution in [2.75, 3.05) is 6.54 Å². The summed E-state index contributed by atoms with van der Waals surface area (Å²) in [6.07, 6.45) is 0. The minimum absolute atomic E-state index is 0.0531. The van der Waals surface area contributed by atoms with Crippen LogP contribution in [0.3, 0.4) is 0 Å². The molecule has 2 rings (SSSR count). The van der Waals surface area contributed by atoms with Crippen molar-refractivity contribution < 1.29 is 13.7 Å². The molecule has 0 unspecified atom stereocenters. The fraction of sp³-hybridized carbons (Fsp3) is 0.467. The first-order valence-corrected chi connectivity index (χ1v) is 7.26. The highest BCUT2D eigenvalue weighted by atomic mass is 35.5. The largest absolute Gasteiger partial charge is 0.525 e. The summed E-state index contributed by atoms with van der Waals surface area (Å²) in [7, 11) is -1.04. The summed E-state index contributed by atoms with van der Waals surface area (Å²) in [5.74, 6) is 0. The average Bonchev–Trinajstić information content (AvgIpc) is 2.61. The SMILES string of the molecule is CC1(C)OB(C(F)=C(CN)c2ccc(Cl)cc2)OC1(C)C. The van der Waals surface area contributed by atoms with Crippen molar-refractivity contribution in [2.45, 2.75) is 38.9 Å².